The van der Waals surface area contributed by atoms with E-state index in [1.807, 2.05) is 24.1 Å². The first-order valence-corrected chi connectivity index (χ1v) is 6.43. The first kappa shape index (κ1) is 13.5. The van der Waals surface area contributed by atoms with E-state index in [4.69, 9.17) is 0 Å². The van der Waals surface area contributed by atoms with E-state index in [1.165, 1.54) is 0 Å². The number of aromatic nitrogens is 6. The molecule has 0 aliphatic heterocycles. The molecule has 0 fully saturated rings. The molecule has 0 amide bonds. The Kier molecular flexibility index (Phi) is 3.55. The topological polar surface area (TPSA) is 64.7 Å². The summed E-state index contributed by atoms with van der Waals surface area (Å²) in [5.41, 5.74) is 0.959. The zero-order valence-corrected chi connectivity index (χ0v) is 12.2. The summed E-state index contributed by atoms with van der Waals surface area (Å²) in [6, 6.07) is 0. The van der Waals surface area contributed by atoms with Gasteiger partial charge < -0.3 is 4.90 Å². The number of rotatable bonds is 4. The van der Waals surface area contributed by atoms with Crippen LogP contribution in [-0.2, 0) is 19.1 Å². The second-order valence-corrected chi connectivity index (χ2v) is 5.56. The van der Waals surface area contributed by atoms with Crippen molar-refractivity contribution >= 4 is 5.69 Å². The van der Waals surface area contributed by atoms with Gasteiger partial charge in [-0.1, -0.05) is 0 Å². The first-order chi connectivity index (χ1) is 8.91. The highest BCUT2D eigenvalue weighted by molar-refractivity contribution is 5.42. The van der Waals surface area contributed by atoms with Gasteiger partial charge in [-0.2, -0.15) is 5.10 Å². The lowest BCUT2D eigenvalue weighted by Crippen LogP contribution is -2.30. The fraction of sp³-hybridized carbons (Fsp3) is 0.667. The van der Waals surface area contributed by atoms with Crippen LogP contribution in [0.5, 0.6) is 0 Å². The van der Waals surface area contributed by atoms with Crippen LogP contribution in [0.2, 0.25) is 0 Å². The van der Waals surface area contributed by atoms with Gasteiger partial charge in [-0.15, -0.1) is 5.10 Å². The second kappa shape index (κ2) is 4.99. The van der Waals surface area contributed by atoms with Crippen LogP contribution in [0.15, 0.2) is 12.4 Å². The third-order valence-corrected chi connectivity index (χ3v) is 2.94. The molecular formula is C12H21N7. The summed E-state index contributed by atoms with van der Waals surface area (Å²) in [7, 11) is 1.91. The minimum atomic E-state index is -0.118. The molecule has 2 aromatic heterocycles. The van der Waals surface area contributed by atoms with E-state index in [0.29, 0.717) is 6.54 Å². The van der Waals surface area contributed by atoms with Crippen LogP contribution < -0.4 is 4.90 Å². The van der Waals surface area contributed by atoms with Gasteiger partial charge >= 0.3 is 0 Å². The Balaban J connectivity index is 2.22. The van der Waals surface area contributed by atoms with Gasteiger partial charge in [0.15, 0.2) is 5.82 Å². The molecule has 2 rings (SSSR count). The molecule has 0 aliphatic rings. The van der Waals surface area contributed by atoms with E-state index in [-0.39, 0.29) is 5.54 Å². The fourth-order valence-electron chi connectivity index (χ4n) is 1.95. The Morgan fingerprint density at radius 3 is 2.58 bits per heavy atom. The van der Waals surface area contributed by atoms with E-state index in [9.17, 15) is 0 Å². The van der Waals surface area contributed by atoms with Crippen LogP contribution >= 0.6 is 0 Å². The van der Waals surface area contributed by atoms with Gasteiger partial charge in [0.1, 0.15) is 0 Å². The fourth-order valence-corrected chi connectivity index (χ4v) is 1.95. The second-order valence-electron chi connectivity index (χ2n) is 5.56. The molecule has 0 atom stereocenters. The average Bonchev–Trinajstić information content (AvgIpc) is 2.93. The molecule has 0 bridgehead atoms. The lowest BCUT2D eigenvalue weighted by Gasteiger charge is -2.24. The zero-order valence-electron chi connectivity index (χ0n) is 12.2. The van der Waals surface area contributed by atoms with Crippen LogP contribution in [0.3, 0.4) is 0 Å². The van der Waals surface area contributed by atoms with Crippen molar-refractivity contribution in [2.24, 2.45) is 7.05 Å². The molecule has 0 unspecified atom stereocenters. The van der Waals surface area contributed by atoms with Crippen molar-refractivity contribution in [1.82, 2.24) is 30.0 Å². The molecule has 0 aliphatic carbocycles. The average molecular weight is 263 g/mol. The first-order valence-electron chi connectivity index (χ1n) is 6.43. The molecular weight excluding hydrogens is 242 g/mol. The molecule has 0 spiro atoms. The molecule has 7 heteroatoms. The van der Waals surface area contributed by atoms with Gasteiger partial charge in [0.2, 0.25) is 0 Å². The van der Waals surface area contributed by atoms with E-state index in [1.54, 1.807) is 4.68 Å². The summed E-state index contributed by atoms with van der Waals surface area (Å²) in [6.45, 7) is 9.93. The largest absolute Gasteiger partial charge is 0.362 e. The molecule has 7 nitrogen and oxygen atoms in total. The van der Waals surface area contributed by atoms with Gasteiger partial charge in [0, 0.05) is 19.8 Å². The number of aryl methyl sites for hydroxylation is 1. The standard InChI is InChI=1S/C12H21N7/c1-6-18(10-7-13-17(5)8-10)9-11-14-15-16-19(11)12(2,3)4/h7-8H,6,9H2,1-5H3. The predicted octanol–water partition coefficient (Wildman–Crippen LogP) is 1.19. The Labute approximate surface area is 113 Å². The molecule has 0 aromatic carbocycles. The van der Waals surface area contributed by atoms with Gasteiger partial charge in [-0.25, -0.2) is 4.68 Å². The Morgan fingerprint density at radius 1 is 1.32 bits per heavy atom. The number of tetrazole rings is 1. The van der Waals surface area contributed by atoms with Crippen molar-refractivity contribution in [3.8, 4) is 0 Å². The van der Waals surface area contributed by atoms with E-state index in [0.717, 1.165) is 18.1 Å². The molecule has 2 heterocycles. The summed E-state index contributed by atoms with van der Waals surface area (Å²) in [5.74, 6) is 0.859. The SMILES string of the molecule is CCN(Cc1nnnn1C(C)(C)C)c1cnn(C)c1. The maximum absolute atomic E-state index is 4.20. The summed E-state index contributed by atoms with van der Waals surface area (Å²) < 4.78 is 3.66. The van der Waals surface area contributed by atoms with Gasteiger partial charge in [-0.05, 0) is 38.1 Å². The molecule has 0 radical (unpaired) electrons. The highest BCUT2D eigenvalue weighted by Crippen LogP contribution is 2.18. The number of hydrogen-bond acceptors (Lipinski definition) is 5. The van der Waals surface area contributed by atoms with Crippen molar-refractivity contribution < 1.29 is 0 Å². The summed E-state index contributed by atoms with van der Waals surface area (Å²) in [4.78, 5) is 2.20. The molecule has 2 aromatic rings. The van der Waals surface area contributed by atoms with Gasteiger partial charge in [0.25, 0.3) is 0 Å². The highest BCUT2D eigenvalue weighted by atomic mass is 15.6. The van der Waals surface area contributed by atoms with Crippen LogP contribution in [0.25, 0.3) is 0 Å². The van der Waals surface area contributed by atoms with E-state index < -0.39 is 0 Å². The zero-order chi connectivity index (χ0) is 14.0. The number of hydrogen-bond donors (Lipinski definition) is 0. The molecule has 0 N–H and O–H groups in total. The summed E-state index contributed by atoms with van der Waals surface area (Å²) in [6.07, 6.45) is 3.85. The van der Waals surface area contributed by atoms with Crippen LogP contribution in [-0.4, -0.2) is 36.5 Å². The Bertz CT molecular complexity index is 534. The lowest BCUT2D eigenvalue weighted by molar-refractivity contribution is 0.334. The van der Waals surface area contributed by atoms with Crippen LogP contribution in [0, 0.1) is 0 Å². The van der Waals surface area contributed by atoms with Crippen molar-refractivity contribution in [3.05, 3.63) is 18.2 Å². The van der Waals surface area contributed by atoms with Crippen LogP contribution in [0.1, 0.15) is 33.5 Å². The summed E-state index contributed by atoms with van der Waals surface area (Å²) >= 11 is 0. The summed E-state index contributed by atoms with van der Waals surface area (Å²) in [5, 5.41) is 16.2. The quantitative estimate of drug-likeness (QED) is 0.829. The maximum atomic E-state index is 4.20. The molecule has 104 valence electrons. The maximum Gasteiger partial charge on any atom is 0.171 e. The van der Waals surface area contributed by atoms with Gasteiger partial charge in [0.05, 0.1) is 24.0 Å². The third kappa shape index (κ3) is 2.91. The monoisotopic (exact) mass is 263 g/mol. The van der Waals surface area contributed by atoms with E-state index >= 15 is 0 Å². The van der Waals surface area contributed by atoms with Crippen molar-refractivity contribution in [3.63, 3.8) is 0 Å². The minimum absolute atomic E-state index is 0.118. The number of nitrogens with zero attached hydrogens (tertiary/aromatic N) is 7. The smallest absolute Gasteiger partial charge is 0.171 e. The van der Waals surface area contributed by atoms with Gasteiger partial charge in [-0.3, -0.25) is 4.68 Å². The van der Waals surface area contributed by atoms with Crippen molar-refractivity contribution in [2.75, 3.05) is 11.4 Å². The minimum Gasteiger partial charge on any atom is -0.362 e. The third-order valence-electron chi connectivity index (χ3n) is 2.94. The number of anilines is 1. The normalized spacial score (nSPS) is 11.8. The molecule has 19 heavy (non-hydrogen) atoms. The Morgan fingerprint density at radius 2 is 2.05 bits per heavy atom. The van der Waals surface area contributed by atoms with Crippen molar-refractivity contribution in [1.29, 1.82) is 0 Å². The molecule has 0 saturated carbocycles. The molecule has 0 saturated heterocycles. The lowest BCUT2D eigenvalue weighted by atomic mass is 10.1. The highest BCUT2D eigenvalue weighted by Gasteiger charge is 2.21. The van der Waals surface area contributed by atoms with Crippen LogP contribution in [0.4, 0.5) is 5.69 Å². The Hall–Kier alpha value is -1.92. The predicted molar refractivity (Wildman–Crippen MR) is 72.7 cm³/mol. The van der Waals surface area contributed by atoms with Crippen molar-refractivity contribution in [2.45, 2.75) is 39.8 Å². The van der Waals surface area contributed by atoms with E-state index in [2.05, 4.69) is 53.2 Å².